The molecule has 2 aromatic carbocycles. The van der Waals surface area contributed by atoms with Crippen molar-refractivity contribution in [2.75, 3.05) is 58.2 Å². The third-order valence-corrected chi connectivity index (χ3v) is 15.0. The van der Waals surface area contributed by atoms with Crippen molar-refractivity contribution in [3.05, 3.63) is 59.7 Å². The molecule has 3 N–H and O–H groups in total. The SMILES string of the molecule is C=C1CC2C(=O)Nc3cc(OCCCCCOc4cc(N)c(C(=O)N5CC(=C)C[C@H]5CO[Si](C)(C)C(C)(C)C)cc4OC)c(OC)cc3C(=O)N2C1. The third kappa shape index (κ3) is 8.25. The van der Waals surface area contributed by atoms with E-state index in [-0.39, 0.29) is 28.8 Å². The second kappa shape index (κ2) is 15.6. The molecule has 0 bridgehead atoms. The fraction of sp³-hybridized carbons (Fsp3) is 0.513. The average Bonchev–Trinajstić information content (AvgIpc) is 3.65. The number of unbranched alkanes of at least 4 members (excludes halogenated alkanes) is 2. The largest absolute Gasteiger partial charge is 0.493 e. The highest BCUT2D eigenvalue weighted by Gasteiger charge is 2.41. The summed E-state index contributed by atoms with van der Waals surface area (Å²) in [5.41, 5.74) is 9.71. The summed E-state index contributed by atoms with van der Waals surface area (Å²) in [4.78, 5) is 43.3. The van der Waals surface area contributed by atoms with Crippen LogP contribution in [0.25, 0.3) is 0 Å². The lowest BCUT2D eigenvalue weighted by atomic mass is 10.1. The molecule has 3 amide bonds. The number of nitrogens with zero attached hydrogens (tertiary/aromatic N) is 2. The molecule has 52 heavy (non-hydrogen) atoms. The molecule has 5 rings (SSSR count). The van der Waals surface area contributed by atoms with E-state index < -0.39 is 14.4 Å². The standard InChI is InChI=1S/C39H54N4O8Si/c1-24-15-26(23-51-52(8,9)39(3,4)5)42(21-24)37(45)27-17-32(47-6)34(19-29(27)40)49-13-11-10-12-14-50-35-20-30-28(18-33(35)48-7)38(46)43-22-25(2)16-31(43)36(44)41-30/h17-20,26,31H,1-2,10-16,21-23,40H2,3-9H3,(H,41,44)/t26-,31?/m0/s1. The van der Waals surface area contributed by atoms with Crippen LogP contribution in [0.3, 0.4) is 0 Å². The maximum atomic E-state index is 13.8. The molecule has 13 heteroatoms. The number of carbonyl (C=O) groups is 3. The van der Waals surface area contributed by atoms with E-state index in [0.717, 1.165) is 30.4 Å². The molecule has 2 atom stereocenters. The first-order chi connectivity index (χ1) is 24.5. The number of rotatable bonds is 14. The quantitative estimate of drug-likeness (QED) is 0.0972. The fourth-order valence-electron chi connectivity index (χ4n) is 6.45. The van der Waals surface area contributed by atoms with Crippen LogP contribution in [0.1, 0.15) is 73.6 Å². The van der Waals surface area contributed by atoms with Gasteiger partial charge in [-0.25, -0.2) is 0 Å². The van der Waals surface area contributed by atoms with Crippen LogP contribution in [0.15, 0.2) is 48.6 Å². The van der Waals surface area contributed by atoms with E-state index in [1.165, 1.54) is 14.2 Å². The number of amides is 3. The number of fused-ring (bicyclic) bond motifs is 2. The fourth-order valence-corrected chi connectivity index (χ4v) is 7.49. The molecule has 282 valence electrons. The molecular weight excluding hydrogens is 681 g/mol. The number of nitrogens with one attached hydrogen (secondary N) is 1. The summed E-state index contributed by atoms with van der Waals surface area (Å²) in [6.07, 6.45) is 3.40. The number of ether oxygens (including phenoxy) is 4. The normalized spacial score (nSPS) is 18.9. The van der Waals surface area contributed by atoms with E-state index in [0.29, 0.717) is 91.3 Å². The number of nitrogen functional groups attached to an aromatic ring is 1. The summed E-state index contributed by atoms with van der Waals surface area (Å²) in [6, 6.07) is 5.89. The highest BCUT2D eigenvalue weighted by Crippen LogP contribution is 2.40. The summed E-state index contributed by atoms with van der Waals surface area (Å²) in [5.74, 6) is 1.09. The highest BCUT2D eigenvalue weighted by atomic mass is 28.4. The van der Waals surface area contributed by atoms with Gasteiger partial charge in [0.25, 0.3) is 11.8 Å². The summed E-state index contributed by atoms with van der Waals surface area (Å²) < 4.78 is 29.7. The predicted molar refractivity (Wildman–Crippen MR) is 204 cm³/mol. The Morgan fingerprint density at radius 1 is 0.904 bits per heavy atom. The van der Waals surface area contributed by atoms with Gasteiger partial charge in [0.2, 0.25) is 5.91 Å². The molecule has 2 aromatic rings. The molecule has 0 aromatic heterocycles. The first kappa shape index (κ1) is 38.7. The Balaban J connectivity index is 1.13. The van der Waals surface area contributed by atoms with Gasteiger partial charge in [-0.2, -0.15) is 0 Å². The molecule has 3 aliphatic rings. The van der Waals surface area contributed by atoms with Gasteiger partial charge in [-0.3, -0.25) is 14.4 Å². The maximum Gasteiger partial charge on any atom is 0.257 e. The molecule has 0 saturated carbocycles. The van der Waals surface area contributed by atoms with Crippen LogP contribution in [-0.4, -0.2) is 95.1 Å². The topological polar surface area (TPSA) is 142 Å². The van der Waals surface area contributed by atoms with Crippen LogP contribution in [-0.2, 0) is 9.22 Å². The number of nitrogens with two attached hydrogens (primary N) is 1. The van der Waals surface area contributed by atoms with Crippen LogP contribution in [0, 0.1) is 0 Å². The number of likely N-dealkylation sites (tertiary alicyclic amines) is 1. The summed E-state index contributed by atoms with van der Waals surface area (Å²) >= 11 is 0. The molecule has 12 nitrogen and oxygen atoms in total. The zero-order valence-corrected chi connectivity index (χ0v) is 32.7. The Morgan fingerprint density at radius 2 is 1.52 bits per heavy atom. The van der Waals surface area contributed by atoms with Gasteiger partial charge in [-0.05, 0) is 62.4 Å². The van der Waals surface area contributed by atoms with Crippen molar-refractivity contribution in [2.24, 2.45) is 0 Å². The summed E-state index contributed by atoms with van der Waals surface area (Å²) in [5, 5.41) is 2.95. The monoisotopic (exact) mass is 734 g/mol. The van der Waals surface area contributed by atoms with E-state index in [4.69, 9.17) is 29.1 Å². The molecule has 0 spiro atoms. The van der Waals surface area contributed by atoms with Crippen LogP contribution >= 0.6 is 0 Å². The Labute approximate surface area is 308 Å². The number of benzene rings is 2. The van der Waals surface area contributed by atoms with Crippen molar-refractivity contribution >= 4 is 37.4 Å². The zero-order valence-electron chi connectivity index (χ0n) is 31.7. The molecule has 0 radical (unpaired) electrons. The van der Waals surface area contributed by atoms with E-state index in [9.17, 15) is 14.4 Å². The molecule has 2 fully saturated rings. The average molecular weight is 735 g/mol. The Morgan fingerprint density at radius 3 is 2.15 bits per heavy atom. The minimum Gasteiger partial charge on any atom is -0.493 e. The minimum atomic E-state index is -2.00. The second-order valence-electron chi connectivity index (χ2n) is 15.4. The molecular formula is C39H54N4O8Si. The summed E-state index contributed by atoms with van der Waals surface area (Å²) in [6.45, 7) is 21.2. The third-order valence-electron chi connectivity index (χ3n) is 10.5. The lowest BCUT2D eigenvalue weighted by molar-refractivity contribution is -0.119. The first-order valence-corrected chi connectivity index (χ1v) is 20.8. The van der Waals surface area contributed by atoms with Crippen molar-refractivity contribution in [3.8, 4) is 23.0 Å². The van der Waals surface area contributed by atoms with Crippen molar-refractivity contribution in [1.82, 2.24) is 9.80 Å². The van der Waals surface area contributed by atoms with E-state index in [1.54, 1.807) is 34.1 Å². The molecule has 1 unspecified atom stereocenters. The predicted octanol–water partition coefficient (Wildman–Crippen LogP) is 6.43. The Kier molecular flexibility index (Phi) is 11.6. The van der Waals surface area contributed by atoms with Crippen LogP contribution in [0.2, 0.25) is 18.1 Å². The van der Waals surface area contributed by atoms with E-state index >= 15 is 0 Å². The number of carbonyl (C=O) groups excluding carboxylic acids is 3. The number of anilines is 2. The first-order valence-electron chi connectivity index (χ1n) is 17.9. The number of methoxy groups -OCH3 is 2. The molecule has 3 heterocycles. The second-order valence-corrected chi connectivity index (χ2v) is 20.2. The van der Waals surface area contributed by atoms with Gasteiger partial charge in [0, 0.05) is 30.9 Å². The van der Waals surface area contributed by atoms with Gasteiger partial charge in [0.15, 0.2) is 31.3 Å². The number of hydrogen-bond donors (Lipinski definition) is 2. The van der Waals surface area contributed by atoms with Gasteiger partial charge in [-0.1, -0.05) is 45.1 Å². The van der Waals surface area contributed by atoms with Crippen molar-refractivity contribution in [2.45, 2.75) is 83.1 Å². The van der Waals surface area contributed by atoms with Crippen LogP contribution in [0.5, 0.6) is 23.0 Å². The van der Waals surface area contributed by atoms with Crippen molar-refractivity contribution < 1.29 is 37.8 Å². The zero-order chi connectivity index (χ0) is 38.0. The van der Waals surface area contributed by atoms with E-state index in [2.05, 4.69) is 52.3 Å². The van der Waals surface area contributed by atoms with Crippen LogP contribution < -0.4 is 30.0 Å². The van der Waals surface area contributed by atoms with Gasteiger partial charge >= 0.3 is 0 Å². The van der Waals surface area contributed by atoms with Crippen molar-refractivity contribution in [1.29, 1.82) is 0 Å². The lowest BCUT2D eigenvalue weighted by Crippen LogP contribution is -2.46. The van der Waals surface area contributed by atoms with Gasteiger partial charge in [0.05, 0.1) is 56.9 Å². The molecule has 3 aliphatic heterocycles. The van der Waals surface area contributed by atoms with Gasteiger partial charge in [0.1, 0.15) is 6.04 Å². The van der Waals surface area contributed by atoms with E-state index in [1.807, 2.05) is 0 Å². The minimum absolute atomic E-state index is 0.0645. The molecule has 2 saturated heterocycles. The van der Waals surface area contributed by atoms with Crippen LogP contribution in [0.4, 0.5) is 11.4 Å². The molecule has 0 aliphatic carbocycles. The van der Waals surface area contributed by atoms with Gasteiger partial charge < -0.3 is 44.2 Å². The van der Waals surface area contributed by atoms with Gasteiger partial charge in [-0.15, -0.1) is 0 Å². The highest BCUT2D eigenvalue weighted by molar-refractivity contribution is 6.74. The number of hydrogen-bond acceptors (Lipinski definition) is 9. The lowest BCUT2D eigenvalue weighted by Gasteiger charge is -2.38. The maximum absolute atomic E-state index is 13.8. The Hall–Kier alpha value is -4.49. The summed E-state index contributed by atoms with van der Waals surface area (Å²) in [7, 11) is 1.06. The smallest absolute Gasteiger partial charge is 0.257 e. The van der Waals surface area contributed by atoms with Crippen molar-refractivity contribution in [3.63, 3.8) is 0 Å². The Bertz CT molecular complexity index is 1740.